The first-order valence-electron chi connectivity index (χ1n) is 12.1. The molecule has 1 N–H and O–H groups in total. The number of nitrogens with zero attached hydrogens (tertiary/aromatic N) is 2. The Hall–Kier alpha value is -3.13. The molecule has 2 aliphatic heterocycles. The summed E-state index contributed by atoms with van der Waals surface area (Å²) in [4.78, 5) is 43.4. The minimum Gasteiger partial charge on any atom is -0.467 e. The molecule has 1 aromatic heterocycles. The summed E-state index contributed by atoms with van der Waals surface area (Å²) in [6, 6.07) is 10.2. The third-order valence-electron chi connectivity index (χ3n) is 7.49. The van der Waals surface area contributed by atoms with Gasteiger partial charge in [0.25, 0.3) is 5.91 Å². The highest BCUT2D eigenvalue weighted by Crippen LogP contribution is 2.40. The number of aryl methyl sites for hydroxylation is 1. The molecule has 1 spiro atoms. The van der Waals surface area contributed by atoms with Crippen LogP contribution in [0.2, 0.25) is 0 Å². The molecule has 8 nitrogen and oxygen atoms in total. The lowest BCUT2D eigenvalue weighted by atomic mass is 9.83. The highest BCUT2D eigenvalue weighted by Gasteiger charge is 2.54. The van der Waals surface area contributed by atoms with Gasteiger partial charge in [-0.25, -0.2) is 0 Å². The van der Waals surface area contributed by atoms with E-state index in [2.05, 4.69) is 5.32 Å². The van der Waals surface area contributed by atoms with Crippen LogP contribution in [0.1, 0.15) is 53.8 Å². The van der Waals surface area contributed by atoms with Gasteiger partial charge in [0.1, 0.15) is 17.5 Å². The molecule has 3 amide bonds. The second kappa shape index (κ2) is 9.25. The lowest BCUT2D eigenvalue weighted by Gasteiger charge is -2.45. The number of hydrogen-bond donors (Lipinski definition) is 1. The number of carbonyl (C=O) groups is 3. The molecule has 180 valence electrons. The molecule has 8 heteroatoms. The number of piperidine rings is 1. The van der Waals surface area contributed by atoms with Crippen molar-refractivity contribution >= 4 is 17.7 Å². The topological polar surface area (TPSA) is 92.1 Å². The van der Waals surface area contributed by atoms with Gasteiger partial charge in [-0.3, -0.25) is 19.3 Å². The van der Waals surface area contributed by atoms with Crippen LogP contribution in [0.15, 0.2) is 47.1 Å². The summed E-state index contributed by atoms with van der Waals surface area (Å²) >= 11 is 0. The van der Waals surface area contributed by atoms with E-state index in [0.29, 0.717) is 37.3 Å². The zero-order valence-electron chi connectivity index (χ0n) is 19.5. The van der Waals surface area contributed by atoms with Gasteiger partial charge in [0.05, 0.1) is 19.4 Å². The van der Waals surface area contributed by atoms with Crippen LogP contribution in [0.5, 0.6) is 0 Å². The van der Waals surface area contributed by atoms with Crippen molar-refractivity contribution in [2.45, 2.75) is 57.3 Å². The molecular formula is C26H31N3O5. The van der Waals surface area contributed by atoms with Gasteiger partial charge in [0.2, 0.25) is 11.8 Å². The van der Waals surface area contributed by atoms with Gasteiger partial charge in [0, 0.05) is 37.4 Å². The van der Waals surface area contributed by atoms with Crippen molar-refractivity contribution in [1.29, 1.82) is 0 Å². The van der Waals surface area contributed by atoms with Crippen LogP contribution in [0, 0.1) is 12.8 Å². The zero-order valence-corrected chi connectivity index (χ0v) is 19.5. The van der Waals surface area contributed by atoms with Crippen molar-refractivity contribution in [3.05, 3.63) is 59.5 Å². The Kier molecular flexibility index (Phi) is 6.16. The van der Waals surface area contributed by atoms with E-state index in [1.165, 1.54) is 0 Å². The number of ether oxygens (including phenoxy) is 1. The Bertz CT molecular complexity index is 1050. The van der Waals surface area contributed by atoms with Crippen LogP contribution < -0.4 is 5.32 Å². The number of benzene rings is 1. The minimum absolute atomic E-state index is 0.123. The smallest absolute Gasteiger partial charge is 0.257 e. The molecule has 2 saturated heterocycles. The lowest BCUT2D eigenvalue weighted by Crippen LogP contribution is -2.60. The highest BCUT2D eigenvalue weighted by atomic mass is 16.5. The lowest BCUT2D eigenvalue weighted by molar-refractivity contribution is -0.149. The first kappa shape index (κ1) is 22.7. The third kappa shape index (κ3) is 4.11. The standard InChI is InChI=1S/C26H31N3O5/c1-18-6-2-3-10-21(18)25(32)29-22(23(30)27-16-20-9-5-15-33-20)17-34-26(29)11-13-28(14-12-26)24(31)19-7-4-8-19/h2-3,5-6,9-10,15,19,22H,4,7-8,11-14,16-17H2,1H3,(H,27,30). The van der Waals surface area contributed by atoms with Crippen LogP contribution in [0.4, 0.5) is 0 Å². The number of nitrogens with one attached hydrogen (secondary N) is 1. The molecule has 3 fully saturated rings. The average molecular weight is 466 g/mol. The zero-order chi connectivity index (χ0) is 23.7. The number of furan rings is 1. The number of amides is 3. The molecule has 5 rings (SSSR count). The van der Waals surface area contributed by atoms with Gasteiger partial charge >= 0.3 is 0 Å². The van der Waals surface area contributed by atoms with Crippen molar-refractivity contribution in [2.75, 3.05) is 19.7 Å². The minimum atomic E-state index is -0.900. The van der Waals surface area contributed by atoms with E-state index in [0.717, 1.165) is 24.8 Å². The summed E-state index contributed by atoms with van der Waals surface area (Å²) < 4.78 is 11.6. The van der Waals surface area contributed by atoms with Gasteiger partial charge in [-0.2, -0.15) is 0 Å². The Labute approximate surface area is 199 Å². The molecular weight excluding hydrogens is 434 g/mol. The van der Waals surface area contributed by atoms with Crippen molar-refractivity contribution in [2.24, 2.45) is 5.92 Å². The summed E-state index contributed by atoms with van der Waals surface area (Å²) in [5, 5.41) is 2.89. The number of rotatable bonds is 5. The van der Waals surface area contributed by atoms with Crippen LogP contribution in [0.3, 0.4) is 0 Å². The monoisotopic (exact) mass is 465 g/mol. The van der Waals surface area contributed by atoms with Crippen LogP contribution in [-0.4, -0.2) is 59.0 Å². The van der Waals surface area contributed by atoms with Crippen LogP contribution in [-0.2, 0) is 20.9 Å². The fourth-order valence-electron chi connectivity index (χ4n) is 5.20. The Morgan fingerprint density at radius 3 is 2.50 bits per heavy atom. The number of carbonyl (C=O) groups excluding carboxylic acids is 3. The molecule has 34 heavy (non-hydrogen) atoms. The average Bonchev–Trinajstić information content (AvgIpc) is 3.45. The van der Waals surface area contributed by atoms with E-state index in [4.69, 9.17) is 9.15 Å². The molecule has 0 radical (unpaired) electrons. The van der Waals surface area contributed by atoms with E-state index < -0.39 is 11.8 Å². The Morgan fingerprint density at radius 2 is 1.85 bits per heavy atom. The van der Waals surface area contributed by atoms with Gasteiger partial charge in [-0.1, -0.05) is 24.6 Å². The summed E-state index contributed by atoms with van der Waals surface area (Å²) in [5.41, 5.74) is 0.508. The van der Waals surface area contributed by atoms with Crippen LogP contribution >= 0.6 is 0 Å². The van der Waals surface area contributed by atoms with Crippen LogP contribution in [0.25, 0.3) is 0 Å². The Balaban J connectivity index is 1.37. The SMILES string of the molecule is Cc1ccccc1C(=O)N1C(C(=O)NCc2ccco2)COC12CCN(C(=O)C1CCC1)CC2. The first-order valence-corrected chi connectivity index (χ1v) is 12.1. The van der Waals surface area contributed by atoms with E-state index in [1.54, 1.807) is 29.4 Å². The van der Waals surface area contributed by atoms with Gasteiger partial charge in [-0.05, 0) is 43.5 Å². The maximum absolute atomic E-state index is 13.8. The fraction of sp³-hybridized carbons (Fsp3) is 0.500. The predicted molar refractivity (Wildman–Crippen MR) is 124 cm³/mol. The van der Waals surface area contributed by atoms with E-state index in [9.17, 15) is 14.4 Å². The van der Waals surface area contributed by atoms with E-state index in [-0.39, 0.29) is 36.8 Å². The molecule has 3 heterocycles. The van der Waals surface area contributed by atoms with Crippen molar-refractivity contribution in [1.82, 2.24) is 15.1 Å². The molecule has 1 saturated carbocycles. The summed E-state index contributed by atoms with van der Waals surface area (Å²) in [5.74, 6) is 0.504. The van der Waals surface area contributed by atoms with Gasteiger partial charge < -0.3 is 19.4 Å². The molecule has 1 atom stereocenters. The van der Waals surface area contributed by atoms with Gasteiger partial charge in [0.15, 0.2) is 0 Å². The molecule has 2 aromatic rings. The van der Waals surface area contributed by atoms with Crippen molar-refractivity contribution < 1.29 is 23.5 Å². The quantitative estimate of drug-likeness (QED) is 0.733. The first-order chi connectivity index (χ1) is 16.5. The second-order valence-electron chi connectivity index (χ2n) is 9.51. The van der Waals surface area contributed by atoms with Gasteiger partial charge in [-0.15, -0.1) is 0 Å². The second-order valence-corrected chi connectivity index (χ2v) is 9.51. The number of likely N-dealkylation sites (tertiary alicyclic amines) is 1. The van der Waals surface area contributed by atoms with E-state index in [1.807, 2.05) is 30.0 Å². The summed E-state index contributed by atoms with van der Waals surface area (Å²) in [6.07, 6.45) is 5.59. The number of hydrogen-bond acceptors (Lipinski definition) is 5. The van der Waals surface area contributed by atoms with E-state index >= 15 is 0 Å². The summed E-state index contributed by atoms with van der Waals surface area (Å²) in [7, 11) is 0. The molecule has 1 aromatic carbocycles. The fourth-order valence-corrected chi connectivity index (χ4v) is 5.20. The molecule has 3 aliphatic rings. The Morgan fingerprint density at radius 1 is 1.09 bits per heavy atom. The normalized spacial score (nSPS) is 22.0. The maximum Gasteiger partial charge on any atom is 0.257 e. The maximum atomic E-state index is 13.8. The predicted octanol–water partition coefficient (Wildman–Crippen LogP) is 2.86. The molecule has 1 aliphatic carbocycles. The summed E-state index contributed by atoms with van der Waals surface area (Å²) in [6.45, 7) is 3.30. The largest absolute Gasteiger partial charge is 0.467 e. The third-order valence-corrected chi connectivity index (χ3v) is 7.49. The molecule has 0 bridgehead atoms. The molecule has 1 unspecified atom stereocenters. The van der Waals surface area contributed by atoms with Crippen molar-refractivity contribution in [3.63, 3.8) is 0 Å². The highest BCUT2D eigenvalue weighted by molar-refractivity contribution is 5.99. The van der Waals surface area contributed by atoms with Crippen molar-refractivity contribution in [3.8, 4) is 0 Å².